The van der Waals surface area contributed by atoms with E-state index in [0.29, 0.717) is 25.6 Å². The number of benzene rings is 2. The summed E-state index contributed by atoms with van der Waals surface area (Å²) in [5, 5.41) is 16.1. The average molecular weight is 525 g/mol. The Morgan fingerprint density at radius 1 is 1.20 bits per heavy atom. The molecule has 0 bridgehead atoms. The van der Waals surface area contributed by atoms with Crippen LogP contribution in [0.4, 0.5) is 0 Å². The topological polar surface area (TPSA) is 75.1 Å². The molecule has 1 aliphatic rings. The summed E-state index contributed by atoms with van der Waals surface area (Å²) in [4.78, 5) is 4.64. The van der Waals surface area contributed by atoms with Crippen molar-refractivity contribution in [3.63, 3.8) is 0 Å². The summed E-state index contributed by atoms with van der Waals surface area (Å²) in [7, 11) is 0. The number of guanidine groups is 1. The average Bonchev–Trinajstić information content (AvgIpc) is 3.24. The van der Waals surface area contributed by atoms with E-state index in [2.05, 4.69) is 40.7 Å². The van der Waals surface area contributed by atoms with E-state index in [4.69, 9.17) is 9.47 Å². The van der Waals surface area contributed by atoms with Crippen LogP contribution in [-0.2, 0) is 17.8 Å². The summed E-state index contributed by atoms with van der Waals surface area (Å²) in [5.74, 6) is 2.40. The number of hydrogen-bond donors (Lipinski definition) is 3. The fraction of sp³-hybridized carbons (Fsp3) is 0.435. The summed E-state index contributed by atoms with van der Waals surface area (Å²) in [6.07, 6.45) is 1.06. The second-order valence-corrected chi connectivity index (χ2v) is 7.37. The van der Waals surface area contributed by atoms with Crippen LogP contribution in [0.1, 0.15) is 30.0 Å². The van der Waals surface area contributed by atoms with Gasteiger partial charge in [0.15, 0.2) is 5.96 Å². The Balaban J connectivity index is 0.00000320. The van der Waals surface area contributed by atoms with Crippen molar-refractivity contribution in [1.29, 1.82) is 0 Å². The van der Waals surface area contributed by atoms with E-state index in [0.717, 1.165) is 49.0 Å². The Bertz CT molecular complexity index is 806. The molecule has 1 fully saturated rings. The lowest BCUT2D eigenvalue weighted by Gasteiger charge is -2.17. The zero-order chi connectivity index (χ0) is 20.5. The van der Waals surface area contributed by atoms with E-state index in [-0.39, 0.29) is 29.7 Å². The minimum atomic E-state index is 0. The van der Waals surface area contributed by atoms with Crippen LogP contribution in [0, 0.1) is 12.8 Å². The van der Waals surface area contributed by atoms with Crippen LogP contribution in [0.3, 0.4) is 0 Å². The van der Waals surface area contributed by atoms with Crippen LogP contribution in [0.25, 0.3) is 0 Å². The monoisotopic (exact) mass is 525 g/mol. The molecule has 7 heteroatoms. The number of aryl methyl sites for hydroxylation is 1. The van der Waals surface area contributed by atoms with E-state index in [1.807, 2.05) is 19.1 Å². The third-order valence-corrected chi connectivity index (χ3v) is 4.87. The molecule has 1 saturated heterocycles. The molecule has 1 heterocycles. The van der Waals surface area contributed by atoms with Gasteiger partial charge in [-0.3, -0.25) is 0 Å². The molecular weight excluding hydrogens is 493 g/mol. The molecule has 1 aliphatic heterocycles. The number of aliphatic imine (C=N–C) groups is 1. The van der Waals surface area contributed by atoms with E-state index in [1.165, 1.54) is 5.56 Å². The summed E-state index contributed by atoms with van der Waals surface area (Å²) < 4.78 is 11.6. The Morgan fingerprint density at radius 2 is 2.00 bits per heavy atom. The van der Waals surface area contributed by atoms with Gasteiger partial charge in [0.2, 0.25) is 0 Å². The van der Waals surface area contributed by atoms with Crippen molar-refractivity contribution in [3.8, 4) is 11.5 Å². The first-order valence-corrected chi connectivity index (χ1v) is 10.2. The second-order valence-electron chi connectivity index (χ2n) is 7.37. The van der Waals surface area contributed by atoms with Crippen LogP contribution in [-0.4, -0.2) is 37.4 Å². The van der Waals surface area contributed by atoms with Crippen LogP contribution in [0.15, 0.2) is 47.5 Å². The smallest absolute Gasteiger partial charge is 0.191 e. The zero-order valence-electron chi connectivity index (χ0n) is 17.7. The lowest BCUT2D eigenvalue weighted by Crippen LogP contribution is -2.36. The van der Waals surface area contributed by atoms with Crippen molar-refractivity contribution >= 4 is 29.9 Å². The van der Waals surface area contributed by atoms with Gasteiger partial charge in [0.1, 0.15) is 11.5 Å². The molecule has 2 aromatic rings. The van der Waals surface area contributed by atoms with Gasteiger partial charge in [-0.25, -0.2) is 4.99 Å². The molecule has 0 aliphatic carbocycles. The van der Waals surface area contributed by atoms with Crippen molar-refractivity contribution in [2.75, 3.05) is 26.4 Å². The number of phenols is 1. The Labute approximate surface area is 196 Å². The van der Waals surface area contributed by atoms with E-state index < -0.39 is 0 Å². The Kier molecular flexibility index (Phi) is 10.2. The number of phenolic OH excluding ortho intramolecular Hbond substituents is 1. The molecule has 0 amide bonds. The molecule has 0 spiro atoms. The summed E-state index contributed by atoms with van der Waals surface area (Å²) in [5.41, 5.74) is 3.32. The van der Waals surface area contributed by atoms with Gasteiger partial charge in [0.05, 0.1) is 19.8 Å². The number of hydrogen-bond acceptors (Lipinski definition) is 4. The maximum Gasteiger partial charge on any atom is 0.191 e. The molecule has 6 nitrogen and oxygen atoms in total. The van der Waals surface area contributed by atoms with Crippen molar-refractivity contribution in [3.05, 3.63) is 59.2 Å². The molecule has 3 N–H and O–H groups in total. The lowest BCUT2D eigenvalue weighted by atomic mass is 10.1. The quantitative estimate of drug-likeness (QED) is 0.276. The highest BCUT2D eigenvalue weighted by Crippen LogP contribution is 2.22. The maximum absolute atomic E-state index is 9.41. The van der Waals surface area contributed by atoms with Crippen LogP contribution >= 0.6 is 24.0 Å². The van der Waals surface area contributed by atoms with Gasteiger partial charge in [0, 0.05) is 31.2 Å². The number of halogens is 1. The highest BCUT2D eigenvalue weighted by atomic mass is 127. The number of rotatable bonds is 8. The molecule has 164 valence electrons. The minimum absolute atomic E-state index is 0. The molecule has 0 saturated carbocycles. The SMILES string of the molecule is CCNC(=NCc1ccc(O)cc1)NCc1ccc(C)cc1OCC1CCOC1.I. The van der Waals surface area contributed by atoms with Gasteiger partial charge in [-0.1, -0.05) is 24.3 Å². The second kappa shape index (κ2) is 12.6. The first-order chi connectivity index (χ1) is 14.1. The minimum Gasteiger partial charge on any atom is -0.508 e. The molecule has 2 aromatic carbocycles. The molecule has 0 radical (unpaired) electrons. The molecule has 1 unspecified atom stereocenters. The molecule has 1 atom stereocenters. The lowest BCUT2D eigenvalue weighted by molar-refractivity contribution is 0.166. The molecule has 0 aromatic heterocycles. The van der Waals surface area contributed by atoms with E-state index in [1.54, 1.807) is 12.1 Å². The third kappa shape index (κ3) is 7.68. The highest BCUT2D eigenvalue weighted by Gasteiger charge is 2.17. The number of ether oxygens (including phenoxy) is 2. The Hall–Kier alpha value is -2.00. The number of nitrogens with one attached hydrogen (secondary N) is 2. The normalized spacial score (nSPS) is 16.1. The van der Waals surface area contributed by atoms with Gasteiger partial charge in [-0.15, -0.1) is 24.0 Å². The van der Waals surface area contributed by atoms with Crippen molar-refractivity contribution in [1.82, 2.24) is 10.6 Å². The fourth-order valence-electron chi connectivity index (χ4n) is 3.16. The Morgan fingerprint density at radius 3 is 2.70 bits per heavy atom. The van der Waals surface area contributed by atoms with E-state index in [9.17, 15) is 5.11 Å². The van der Waals surface area contributed by atoms with E-state index >= 15 is 0 Å². The van der Waals surface area contributed by atoms with Crippen molar-refractivity contribution in [2.45, 2.75) is 33.4 Å². The zero-order valence-corrected chi connectivity index (χ0v) is 20.0. The predicted molar refractivity (Wildman–Crippen MR) is 131 cm³/mol. The molecule has 3 rings (SSSR count). The van der Waals surface area contributed by atoms with Gasteiger partial charge < -0.3 is 25.2 Å². The summed E-state index contributed by atoms with van der Waals surface area (Å²) >= 11 is 0. The largest absolute Gasteiger partial charge is 0.508 e. The third-order valence-electron chi connectivity index (χ3n) is 4.87. The standard InChI is InChI=1S/C23H31N3O3.HI/c1-3-24-23(25-13-18-5-8-21(27)9-6-18)26-14-20-7-4-17(2)12-22(20)29-16-19-10-11-28-15-19;/h4-9,12,19,27H,3,10-11,13-16H2,1-2H3,(H2,24,25,26);1H. The summed E-state index contributed by atoms with van der Waals surface area (Å²) in [6, 6.07) is 13.4. The van der Waals surface area contributed by atoms with Crippen LogP contribution < -0.4 is 15.4 Å². The maximum atomic E-state index is 9.41. The van der Waals surface area contributed by atoms with Gasteiger partial charge >= 0.3 is 0 Å². The van der Waals surface area contributed by atoms with Gasteiger partial charge in [0.25, 0.3) is 0 Å². The molecule has 30 heavy (non-hydrogen) atoms. The van der Waals surface area contributed by atoms with Crippen LogP contribution in [0.2, 0.25) is 0 Å². The number of aromatic hydroxyl groups is 1. The predicted octanol–water partition coefficient (Wildman–Crippen LogP) is 3.99. The van der Waals surface area contributed by atoms with Crippen molar-refractivity contribution < 1.29 is 14.6 Å². The first kappa shape index (κ1) is 24.3. The van der Waals surface area contributed by atoms with Crippen LogP contribution in [0.5, 0.6) is 11.5 Å². The first-order valence-electron chi connectivity index (χ1n) is 10.2. The summed E-state index contributed by atoms with van der Waals surface area (Å²) in [6.45, 7) is 8.36. The van der Waals surface area contributed by atoms with Gasteiger partial charge in [-0.2, -0.15) is 0 Å². The van der Waals surface area contributed by atoms with Gasteiger partial charge in [-0.05, 0) is 49.6 Å². The van der Waals surface area contributed by atoms with Crippen molar-refractivity contribution in [2.24, 2.45) is 10.9 Å². The highest BCUT2D eigenvalue weighted by molar-refractivity contribution is 14.0. The molecular formula is C23H32IN3O3. The fourth-order valence-corrected chi connectivity index (χ4v) is 3.16. The number of nitrogens with zero attached hydrogens (tertiary/aromatic N) is 1.